The molecule has 1 heterocycles. The lowest BCUT2D eigenvalue weighted by Crippen LogP contribution is -2.60. The van der Waals surface area contributed by atoms with E-state index in [9.17, 15) is 40.5 Å². The van der Waals surface area contributed by atoms with Crippen molar-refractivity contribution < 1.29 is 50.0 Å². The molecule has 0 radical (unpaired) electrons. The van der Waals surface area contributed by atoms with E-state index >= 15 is 0 Å². The van der Waals surface area contributed by atoms with Crippen LogP contribution >= 0.6 is 0 Å². The van der Waals surface area contributed by atoms with Gasteiger partial charge in [0.15, 0.2) is 6.29 Å². The van der Waals surface area contributed by atoms with Gasteiger partial charge in [-0.3, -0.25) is 4.79 Å². The van der Waals surface area contributed by atoms with Gasteiger partial charge < -0.3 is 50.5 Å². The molecule has 0 spiro atoms. The Morgan fingerprint density at radius 3 is 1.13 bits per heavy atom. The number of ether oxygens (including phenoxy) is 2. The molecule has 1 rings (SSSR count). The highest BCUT2D eigenvalue weighted by molar-refractivity contribution is 5.80. The normalized spacial score (nSPS) is 19.5. The molecule has 466 valence electrons. The van der Waals surface area contributed by atoms with Crippen molar-refractivity contribution in [3.63, 3.8) is 0 Å². The van der Waals surface area contributed by atoms with Gasteiger partial charge in [0.05, 0.1) is 25.4 Å². The third kappa shape index (κ3) is 44.5. The van der Waals surface area contributed by atoms with Crippen LogP contribution in [0.2, 0.25) is 0 Å². The first-order valence-corrected chi connectivity index (χ1v) is 33.9. The molecule has 1 amide bonds. The van der Waals surface area contributed by atoms with Crippen LogP contribution in [0.25, 0.3) is 0 Å². The summed E-state index contributed by atoms with van der Waals surface area (Å²) in [7, 11) is 0. The van der Waals surface area contributed by atoms with Crippen molar-refractivity contribution in [3.8, 4) is 0 Å². The molecular formula is C68H129NO10. The van der Waals surface area contributed by atoms with E-state index in [1.807, 2.05) is 0 Å². The molecule has 1 fully saturated rings. The van der Waals surface area contributed by atoms with Crippen molar-refractivity contribution in [1.29, 1.82) is 0 Å². The molecule has 11 nitrogen and oxygen atoms in total. The van der Waals surface area contributed by atoms with Gasteiger partial charge in [0.2, 0.25) is 5.91 Å². The Morgan fingerprint density at radius 1 is 0.430 bits per heavy atom. The first-order chi connectivity index (χ1) is 38.7. The summed E-state index contributed by atoms with van der Waals surface area (Å²) in [6, 6.07) is -1.19. The van der Waals surface area contributed by atoms with Gasteiger partial charge in [-0.05, 0) is 77.0 Å². The fourth-order valence-corrected chi connectivity index (χ4v) is 10.9. The molecule has 9 unspecified atom stereocenters. The largest absolute Gasteiger partial charge is 0.394 e. The van der Waals surface area contributed by atoms with Crippen LogP contribution in [0.15, 0.2) is 36.5 Å². The third-order valence-corrected chi connectivity index (χ3v) is 16.4. The fourth-order valence-electron chi connectivity index (χ4n) is 10.9. The maximum absolute atomic E-state index is 13.2. The second-order valence-electron chi connectivity index (χ2n) is 23.9. The molecule has 8 N–H and O–H groups in total. The van der Waals surface area contributed by atoms with Crippen LogP contribution in [0.4, 0.5) is 0 Å². The minimum Gasteiger partial charge on any atom is -0.394 e. The second-order valence-corrected chi connectivity index (χ2v) is 23.9. The highest BCUT2D eigenvalue weighted by atomic mass is 16.7. The molecule has 0 aromatic heterocycles. The smallest absolute Gasteiger partial charge is 0.249 e. The van der Waals surface area contributed by atoms with E-state index < -0.39 is 74.2 Å². The van der Waals surface area contributed by atoms with Gasteiger partial charge in [-0.15, -0.1) is 0 Å². The zero-order chi connectivity index (χ0) is 57.5. The molecule has 0 aliphatic carbocycles. The number of carbonyl (C=O) groups is 1. The maximum Gasteiger partial charge on any atom is 0.249 e. The SMILES string of the molecule is CCCCCCCCCCCCCC/C=C\CCCCCCCCCCCCCCCCC(O)C(=O)NC(COC1OC(CO)C(O)C(O)C1O)C(O)C(O)CCC/C=C/CC/C=C/CCCCCCCCCCCCCCC. The molecule has 0 bridgehead atoms. The van der Waals surface area contributed by atoms with E-state index in [2.05, 4.69) is 55.6 Å². The molecule has 0 saturated carbocycles. The number of aliphatic hydroxyl groups excluding tert-OH is 7. The molecule has 0 aromatic carbocycles. The lowest BCUT2D eigenvalue weighted by atomic mass is 9.98. The standard InChI is InChI=1S/C68H129NO10/c1-3-5-7-9-11-13-15-17-19-21-23-25-27-28-29-30-31-32-33-34-36-38-40-42-44-46-48-50-52-54-56-61(72)67(77)69-59(58-78-68-66(76)65(75)64(74)62(57-70)79-68)63(73)60(71)55-53-51-49-47-45-43-41-39-37-35-26-24-22-20-18-16-14-12-10-8-6-4-2/h28-29,39,41,47,49,59-66,68,70-76H,3-27,30-38,40,42-46,48,50-58H2,1-2H3,(H,69,77)/b29-28-,41-39+,49-47+. The van der Waals surface area contributed by atoms with E-state index in [1.54, 1.807) is 0 Å². The number of hydrogen-bond acceptors (Lipinski definition) is 10. The Morgan fingerprint density at radius 2 is 0.759 bits per heavy atom. The zero-order valence-corrected chi connectivity index (χ0v) is 51.4. The van der Waals surface area contributed by atoms with Gasteiger partial charge in [-0.2, -0.15) is 0 Å². The average Bonchev–Trinajstić information content (AvgIpc) is 3.46. The lowest BCUT2D eigenvalue weighted by molar-refractivity contribution is -0.303. The Kier molecular flexibility index (Phi) is 54.2. The first-order valence-electron chi connectivity index (χ1n) is 33.9. The Labute approximate surface area is 486 Å². The van der Waals surface area contributed by atoms with Crippen molar-refractivity contribution in [1.82, 2.24) is 5.32 Å². The van der Waals surface area contributed by atoms with Gasteiger partial charge in [-0.1, -0.05) is 281 Å². The molecule has 0 aromatic rings. The minimum atomic E-state index is -1.67. The van der Waals surface area contributed by atoms with E-state index in [4.69, 9.17) is 9.47 Å². The monoisotopic (exact) mass is 1120 g/mol. The highest BCUT2D eigenvalue weighted by Crippen LogP contribution is 2.24. The summed E-state index contributed by atoms with van der Waals surface area (Å²) in [4.78, 5) is 13.2. The number of rotatable bonds is 59. The van der Waals surface area contributed by atoms with Crippen LogP contribution in [0.5, 0.6) is 0 Å². The lowest BCUT2D eigenvalue weighted by Gasteiger charge is -2.40. The van der Waals surface area contributed by atoms with Crippen LogP contribution in [0.1, 0.15) is 322 Å². The average molecular weight is 1120 g/mol. The number of carbonyl (C=O) groups excluding carboxylic acids is 1. The Hall–Kier alpha value is -1.67. The summed E-state index contributed by atoms with van der Waals surface area (Å²) in [5.74, 6) is -0.706. The molecule has 11 heteroatoms. The minimum absolute atomic E-state index is 0.248. The van der Waals surface area contributed by atoms with Crippen LogP contribution in [-0.4, -0.2) is 110 Å². The molecule has 1 saturated heterocycles. The van der Waals surface area contributed by atoms with E-state index in [0.29, 0.717) is 19.3 Å². The molecular weight excluding hydrogens is 991 g/mol. The third-order valence-electron chi connectivity index (χ3n) is 16.4. The summed E-state index contributed by atoms with van der Waals surface area (Å²) in [5, 5.41) is 76.4. The molecule has 1 aliphatic rings. The Balaban J connectivity index is 2.23. The van der Waals surface area contributed by atoms with Crippen LogP contribution in [-0.2, 0) is 14.3 Å². The fraction of sp³-hybridized carbons (Fsp3) is 0.897. The van der Waals surface area contributed by atoms with Crippen molar-refractivity contribution in [2.45, 2.75) is 377 Å². The predicted octanol–water partition coefficient (Wildman–Crippen LogP) is 15.8. The highest BCUT2D eigenvalue weighted by Gasteiger charge is 2.44. The van der Waals surface area contributed by atoms with Gasteiger partial charge in [-0.25, -0.2) is 0 Å². The second kappa shape index (κ2) is 56.8. The van der Waals surface area contributed by atoms with Gasteiger partial charge in [0.25, 0.3) is 0 Å². The topological polar surface area (TPSA) is 189 Å². The van der Waals surface area contributed by atoms with Gasteiger partial charge in [0, 0.05) is 0 Å². The summed E-state index contributed by atoms with van der Waals surface area (Å²) in [6.07, 6.45) is 60.8. The quantitative estimate of drug-likeness (QED) is 0.0215. The number of aliphatic hydroxyl groups is 7. The number of amides is 1. The maximum atomic E-state index is 13.2. The van der Waals surface area contributed by atoms with Crippen molar-refractivity contribution >= 4 is 5.91 Å². The molecule has 9 atom stereocenters. The zero-order valence-electron chi connectivity index (χ0n) is 51.4. The number of nitrogens with one attached hydrogen (secondary N) is 1. The summed E-state index contributed by atoms with van der Waals surface area (Å²) in [6.45, 7) is 3.48. The Bertz CT molecular complexity index is 1380. The number of unbranched alkanes of at least 4 members (excludes halogenated alkanes) is 41. The number of allylic oxidation sites excluding steroid dienone is 6. The van der Waals surface area contributed by atoms with Crippen molar-refractivity contribution in [2.24, 2.45) is 0 Å². The van der Waals surface area contributed by atoms with E-state index in [-0.39, 0.29) is 12.8 Å². The predicted molar refractivity (Wildman–Crippen MR) is 330 cm³/mol. The summed E-state index contributed by atoms with van der Waals surface area (Å²) >= 11 is 0. The van der Waals surface area contributed by atoms with Crippen LogP contribution < -0.4 is 5.32 Å². The van der Waals surface area contributed by atoms with E-state index in [0.717, 1.165) is 38.5 Å². The molecule has 1 aliphatic heterocycles. The number of hydrogen-bond donors (Lipinski definition) is 8. The van der Waals surface area contributed by atoms with Crippen molar-refractivity contribution in [2.75, 3.05) is 13.2 Å². The van der Waals surface area contributed by atoms with Gasteiger partial charge in [0.1, 0.15) is 36.6 Å². The summed E-state index contributed by atoms with van der Waals surface area (Å²) in [5.41, 5.74) is 0. The summed E-state index contributed by atoms with van der Waals surface area (Å²) < 4.78 is 11.2. The van der Waals surface area contributed by atoms with Crippen molar-refractivity contribution in [3.05, 3.63) is 36.5 Å². The van der Waals surface area contributed by atoms with Crippen LogP contribution in [0.3, 0.4) is 0 Å². The van der Waals surface area contributed by atoms with E-state index in [1.165, 1.54) is 238 Å². The van der Waals surface area contributed by atoms with Crippen LogP contribution in [0, 0.1) is 0 Å². The van der Waals surface area contributed by atoms with Gasteiger partial charge >= 0.3 is 0 Å². The first kappa shape index (κ1) is 75.3. The molecule has 79 heavy (non-hydrogen) atoms.